The Balaban J connectivity index is 2.39. The molecule has 0 N–H and O–H groups in total. The smallest absolute Gasteiger partial charge is 0.182 e. The van der Waals surface area contributed by atoms with E-state index in [4.69, 9.17) is 11.6 Å². The molecule has 0 aromatic heterocycles. The Hall–Kier alpha value is -1.91. The largest absolute Gasteiger partial charge is 0.295 e. The van der Waals surface area contributed by atoms with Gasteiger partial charge in [-0.25, -0.2) is 8.42 Å². The van der Waals surface area contributed by atoms with Crippen LogP contribution >= 0.6 is 11.6 Å². The number of ketones is 1. The van der Waals surface area contributed by atoms with Gasteiger partial charge >= 0.3 is 0 Å². The molecule has 0 aliphatic carbocycles. The molecular formula is C17H15ClO3S. The lowest BCUT2D eigenvalue weighted by molar-refractivity contribution is -0.113. The summed E-state index contributed by atoms with van der Waals surface area (Å²) in [5, 5.41) is 0.471. The number of carbonyl (C=O) groups excluding carboxylic acids is 1. The molecule has 2 rings (SSSR count). The molecule has 0 bridgehead atoms. The van der Waals surface area contributed by atoms with Gasteiger partial charge in [-0.2, -0.15) is 0 Å². The highest BCUT2D eigenvalue weighted by Crippen LogP contribution is 2.21. The van der Waals surface area contributed by atoms with E-state index < -0.39 is 9.84 Å². The standard InChI is InChI=1S/C17H15ClO3S/c1-13(19)15(11-14-7-5-6-10-17(14)18)12-22(20,21)16-8-3-2-4-9-16/h2-11H,12H2,1H3/b15-11+. The second-order valence-electron chi connectivity index (χ2n) is 4.82. The zero-order valence-electron chi connectivity index (χ0n) is 12.0. The molecule has 22 heavy (non-hydrogen) atoms. The fourth-order valence-electron chi connectivity index (χ4n) is 1.94. The molecule has 3 nitrogen and oxygen atoms in total. The van der Waals surface area contributed by atoms with Gasteiger partial charge in [0.05, 0.1) is 10.6 Å². The maximum Gasteiger partial charge on any atom is 0.182 e. The van der Waals surface area contributed by atoms with Gasteiger partial charge in [-0.15, -0.1) is 0 Å². The van der Waals surface area contributed by atoms with Crippen LogP contribution < -0.4 is 0 Å². The summed E-state index contributed by atoms with van der Waals surface area (Å²) in [6.07, 6.45) is 1.53. The van der Waals surface area contributed by atoms with Gasteiger partial charge in [0.25, 0.3) is 0 Å². The minimum absolute atomic E-state index is 0.196. The summed E-state index contributed by atoms with van der Waals surface area (Å²) in [5.74, 6) is -0.642. The number of benzene rings is 2. The van der Waals surface area contributed by atoms with E-state index in [0.717, 1.165) is 0 Å². The number of halogens is 1. The molecular weight excluding hydrogens is 320 g/mol. The predicted octanol–water partition coefficient (Wildman–Crippen LogP) is 3.79. The van der Waals surface area contributed by atoms with E-state index in [2.05, 4.69) is 0 Å². The maximum absolute atomic E-state index is 12.4. The zero-order chi connectivity index (χ0) is 16.2. The summed E-state index contributed by atoms with van der Waals surface area (Å²) in [6.45, 7) is 1.35. The van der Waals surface area contributed by atoms with Crippen LogP contribution in [0.4, 0.5) is 0 Å². The van der Waals surface area contributed by atoms with Crippen LogP contribution in [0.15, 0.2) is 65.1 Å². The Morgan fingerprint density at radius 3 is 2.23 bits per heavy atom. The van der Waals surface area contributed by atoms with E-state index in [1.54, 1.807) is 42.5 Å². The Bertz CT molecular complexity index is 809. The van der Waals surface area contributed by atoms with Gasteiger partial charge < -0.3 is 0 Å². The minimum atomic E-state index is -3.57. The Morgan fingerprint density at radius 1 is 1.05 bits per heavy atom. The summed E-state index contributed by atoms with van der Waals surface area (Å²) >= 11 is 6.06. The summed E-state index contributed by atoms with van der Waals surface area (Å²) in [7, 11) is -3.57. The third-order valence-corrected chi connectivity index (χ3v) is 5.16. The molecule has 0 spiro atoms. The zero-order valence-corrected chi connectivity index (χ0v) is 13.6. The third kappa shape index (κ3) is 4.06. The van der Waals surface area contributed by atoms with Crippen LogP contribution in [0.3, 0.4) is 0 Å². The van der Waals surface area contributed by atoms with Crippen molar-refractivity contribution in [2.24, 2.45) is 0 Å². The molecule has 0 saturated carbocycles. The predicted molar refractivity (Wildman–Crippen MR) is 88.6 cm³/mol. The lowest BCUT2D eigenvalue weighted by Crippen LogP contribution is -2.13. The van der Waals surface area contributed by atoms with Crippen LogP contribution in [0, 0.1) is 0 Å². The van der Waals surface area contributed by atoms with Gasteiger partial charge in [-0.05, 0) is 36.8 Å². The molecule has 0 atom stereocenters. The highest BCUT2D eigenvalue weighted by Gasteiger charge is 2.19. The first kappa shape index (κ1) is 16.5. The normalized spacial score (nSPS) is 12.2. The summed E-state index contributed by atoms with van der Waals surface area (Å²) in [5.41, 5.74) is 0.828. The molecule has 2 aromatic carbocycles. The van der Waals surface area contributed by atoms with Gasteiger partial charge in [0.15, 0.2) is 15.6 Å². The average molecular weight is 335 g/mol. The van der Waals surface area contributed by atoms with Crippen molar-refractivity contribution in [1.82, 2.24) is 0 Å². The van der Waals surface area contributed by atoms with Gasteiger partial charge in [0.2, 0.25) is 0 Å². The van der Waals surface area contributed by atoms with Crippen molar-refractivity contribution in [3.05, 3.63) is 70.8 Å². The second-order valence-corrected chi connectivity index (χ2v) is 7.22. The number of carbonyl (C=O) groups is 1. The van der Waals surface area contributed by atoms with E-state index >= 15 is 0 Å². The van der Waals surface area contributed by atoms with Crippen molar-refractivity contribution in [3.63, 3.8) is 0 Å². The summed E-state index contributed by atoms with van der Waals surface area (Å²) in [6, 6.07) is 15.1. The van der Waals surface area contributed by atoms with Crippen molar-refractivity contribution in [3.8, 4) is 0 Å². The van der Waals surface area contributed by atoms with E-state index in [0.29, 0.717) is 10.6 Å². The number of Topliss-reactive ketones (excluding diaryl/α,β-unsaturated/α-hetero) is 1. The summed E-state index contributed by atoms with van der Waals surface area (Å²) in [4.78, 5) is 12.0. The molecule has 5 heteroatoms. The maximum atomic E-state index is 12.4. The lowest BCUT2D eigenvalue weighted by atomic mass is 10.1. The van der Waals surface area contributed by atoms with Crippen molar-refractivity contribution < 1.29 is 13.2 Å². The number of rotatable bonds is 5. The first-order chi connectivity index (χ1) is 10.4. The van der Waals surface area contributed by atoms with Crippen molar-refractivity contribution in [1.29, 1.82) is 0 Å². The van der Waals surface area contributed by atoms with Crippen LogP contribution in [0.5, 0.6) is 0 Å². The Labute approximate surface area is 135 Å². The molecule has 0 radical (unpaired) electrons. The first-order valence-corrected chi connectivity index (χ1v) is 8.67. The number of hydrogen-bond acceptors (Lipinski definition) is 3. The van der Waals surface area contributed by atoms with Crippen molar-refractivity contribution >= 4 is 33.3 Å². The van der Waals surface area contributed by atoms with Crippen molar-refractivity contribution in [2.45, 2.75) is 11.8 Å². The Kier molecular flexibility index (Phi) is 5.16. The quantitative estimate of drug-likeness (QED) is 0.782. The summed E-state index contributed by atoms with van der Waals surface area (Å²) < 4.78 is 24.8. The topological polar surface area (TPSA) is 51.2 Å². The first-order valence-electron chi connectivity index (χ1n) is 6.64. The van der Waals surface area contributed by atoms with Gasteiger partial charge in [0, 0.05) is 10.6 Å². The molecule has 0 aliphatic rings. The molecule has 0 fully saturated rings. The highest BCUT2D eigenvalue weighted by molar-refractivity contribution is 7.91. The molecule has 2 aromatic rings. The van der Waals surface area contributed by atoms with E-state index in [-0.39, 0.29) is 22.0 Å². The average Bonchev–Trinajstić information content (AvgIpc) is 2.49. The molecule has 0 saturated heterocycles. The van der Waals surface area contributed by atoms with Gasteiger partial charge in [-0.3, -0.25) is 4.79 Å². The number of sulfone groups is 1. The monoisotopic (exact) mass is 334 g/mol. The fraction of sp³-hybridized carbons (Fsp3) is 0.118. The molecule has 0 aliphatic heterocycles. The molecule has 0 unspecified atom stereocenters. The fourth-order valence-corrected chi connectivity index (χ4v) is 3.57. The van der Waals surface area contributed by atoms with E-state index in [1.165, 1.54) is 25.1 Å². The van der Waals surface area contributed by atoms with Crippen LogP contribution in [0.1, 0.15) is 12.5 Å². The molecule has 0 heterocycles. The Morgan fingerprint density at radius 2 is 1.64 bits per heavy atom. The van der Waals surface area contributed by atoms with Crippen LogP contribution in [-0.2, 0) is 14.6 Å². The second kappa shape index (κ2) is 6.90. The molecule has 0 amide bonds. The van der Waals surface area contributed by atoms with Gasteiger partial charge in [-0.1, -0.05) is 48.0 Å². The van der Waals surface area contributed by atoms with E-state index in [9.17, 15) is 13.2 Å². The van der Waals surface area contributed by atoms with Crippen LogP contribution in [-0.4, -0.2) is 20.0 Å². The lowest BCUT2D eigenvalue weighted by Gasteiger charge is -2.07. The van der Waals surface area contributed by atoms with Crippen LogP contribution in [0.25, 0.3) is 6.08 Å². The van der Waals surface area contributed by atoms with Crippen LogP contribution in [0.2, 0.25) is 5.02 Å². The molecule has 114 valence electrons. The van der Waals surface area contributed by atoms with E-state index in [1.807, 2.05) is 0 Å². The minimum Gasteiger partial charge on any atom is -0.295 e. The number of hydrogen-bond donors (Lipinski definition) is 0. The van der Waals surface area contributed by atoms with Crippen molar-refractivity contribution in [2.75, 3.05) is 5.75 Å². The third-order valence-electron chi connectivity index (χ3n) is 3.14. The van der Waals surface area contributed by atoms with Gasteiger partial charge in [0.1, 0.15) is 0 Å². The highest BCUT2D eigenvalue weighted by atomic mass is 35.5. The SMILES string of the molecule is CC(=O)/C(=C/c1ccccc1Cl)CS(=O)(=O)c1ccccc1.